The molecule has 1 N–H and O–H groups in total. The zero-order valence-electron chi connectivity index (χ0n) is 26.7. The Morgan fingerprint density at radius 3 is 1.77 bits per heavy atom. The monoisotopic (exact) mass is 571 g/mol. The van der Waals surface area contributed by atoms with Crippen LogP contribution in [0.4, 0.5) is 4.79 Å². The summed E-state index contributed by atoms with van der Waals surface area (Å²) in [7, 11) is 0. The Bertz CT molecular complexity index is 570. The summed E-state index contributed by atoms with van der Waals surface area (Å²) in [4.78, 5) is 26.7. The SMILES string of the molecule is [CH2]C(COC(=O)CCC(OCCCCCCCC)OCCCCCCCC)COC(=O)NC(C)CN(CC)CC. The topological polar surface area (TPSA) is 86.3 Å². The number of carbonyl (C=O) groups is 2. The number of amides is 1. The Kier molecular flexibility index (Phi) is 26.8. The second-order valence-electron chi connectivity index (χ2n) is 10.9. The quantitative estimate of drug-likeness (QED) is 0.0599. The van der Waals surface area contributed by atoms with Gasteiger partial charge in [-0.25, -0.2) is 4.79 Å². The van der Waals surface area contributed by atoms with E-state index in [0.717, 1.165) is 45.3 Å². The number of carbonyl (C=O) groups excluding carboxylic acids is 2. The highest BCUT2D eigenvalue weighted by Gasteiger charge is 2.16. The Balaban J connectivity index is 4.27. The molecule has 0 aromatic rings. The molecule has 237 valence electrons. The van der Waals surface area contributed by atoms with Crippen molar-refractivity contribution in [2.24, 2.45) is 5.92 Å². The van der Waals surface area contributed by atoms with Crippen LogP contribution in [0.2, 0.25) is 0 Å². The van der Waals surface area contributed by atoms with Crippen molar-refractivity contribution in [1.82, 2.24) is 10.2 Å². The number of hydrogen-bond donors (Lipinski definition) is 1. The summed E-state index contributed by atoms with van der Waals surface area (Å²) in [5.41, 5.74) is 0. The van der Waals surface area contributed by atoms with E-state index in [0.29, 0.717) is 19.6 Å². The standard InChI is InChI=1S/C32H63N2O6/c1-7-11-13-15-17-19-23-37-31(38-24-20-18-16-14-12-8-2)22-21-30(35)39-26-28(5)27-40-32(36)33-29(6)25-34(9-3)10-4/h28-29,31H,5,7-27H2,1-4,6H3,(H,33,36). The first kappa shape index (κ1) is 38.6. The van der Waals surface area contributed by atoms with E-state index < -0.39 is 6.09 Å². The van der Waals surface area contributed by atoms with Crippen molar-refractivity contribution < 1.29 is 28.5 Å². The summed E-state index contributed by atoms with van der Waals surface area (Å²) in [5.74, 6) is -0.654. The number of likely N-dealkylation sites (N-methyl/N-ethyl adjacent to an activating group) is 1. The van der Waals surface area contributed by atoms with Crippen molar-refractivity contribution in [3.63, 3.8) is 0 Å². The van der Waals surface area contributed by atoms with Crippen LogP contribution in [0.1, 0.15) is 125 Å². The van der Waals surface area contributed by atoms with Gasteiger partial charge < -0.3 is 29.2 Å². The Labute approximate surface area is 246 Å². The van der Waals surface area contributed by atoms with Crippen molar-refractivity contribution in [3.8, 4) is 0 Å². The van der Waals surface area contributed by atoms with E-state index in [1.54, 1.807) is 0 Å². The molecule has 0 aromatic heterocycles. The lowest BCUT2D eigenvalue weighted by Gasteiger charge is -2.23. The predicted molar refractivity (Wildman–Crippen MR) is 163 cm³/mol. The summed E-state index contributed by atoms with van der Waals surface area (Å²) in [6.45, 7) is 18.6. The number of unbranched alkanes of at least 4 members (excludes halogenated alkanes) is 10. The molecule has 0 aliphatic heterocycles. The summed E-state index contributed by atoms with van der Waals surface area (Å²) >= 11 is 0. The van der Waals surface area contributed by atoms with Crippen LogP contribution in [0.3, 0.4) is 0 Å². The maximum atomic E-state index is 12.4. The van der Waals surface area contributed by atoms with Crippen molar-refractivity contribution >= 4 is 12.1 Å². The molecule has 0 aliphatic carbocycles. The molecular weight excluding hydrogens is 508 g/mol. The van der Waals surface area contributed by atoms with E-state index in [1.165, 1.54) is 51.4 Å². The highest BCUT2D eigenvalue weighted by Crippen LogP contribution is 2.12. The normalized spacial score (nSPS) is 13.0. The number of hydrogen-bond acceptors (Lipinski definition) is 7. The minimum Gasteiger partial charge on any atom is -0.465 e. The second-order valence-corrected chi connectivity index (χ2v) is 10.9. The van der Waals surface area contributed by atoms with E-state index in [-0.39, 0.29) is 43.9 Å². The molecule has 0 aromatic carbocycles. The molecule has 0 saturated carbocycles. The fraction of sp³-hybridized carbons (Fsp3) is 0.906. The molecule has 40 heavy (non-hydrogen) atoms. The lowest BCUT2D eigenvalue weighted by molar-refractivity contribution is -0.160. The molecule has 0 heterocycles. The average molecular weight is 572 g/mol. The van der Waals surface area contributed by atoms with Gasteiger partial charge in [-0.05, 0) is 39.8 Å². The maximum absolute atomic E-state index is 12.4. The number of esters is 1. The smallest absolute Gasteiger partial charge is 0.407 e. The van der Waals surface area contributed by atoms with Gasteiger partial charge in [0.05, 0.1) is 19.6 Å². The van der Waals surface area contributed by atoms with Gasteiger partial charge in [-0.2, -0.15) is 0 Å². The number of rotatable bonds is 28. The highest BCUT2D eigenvalue weighted by molar-refractivity contribution is 5.69. The third kappa shape index (κ3) is 24.4. The van der Waals surface area contributed by atoms with Crippen LogP contribution in [0.5, 0.6) is 0 Å². The number of ether oxygens (including phenoxy) is 4. The molecular formula is C32H63N2O6. The van der Waals surface area contributed by atoms with E-state index >= 15 is 0 Å². The molecule has 0 saturated heterocycles. The van der Waals surface area contributed by atoms with Gasteiger partial charge in [0.25, 0.3) is 0 Å². The summed E-state index contributed by atoms with van der Waals surface area (Å²) in [5, 5.41) is 2.83. The third-order valence-corrected chi connectivity index (χ3v) is 6.91. The number of alkyl carbamates (subject to hydrolysis) is 1. The van der Waals surface area contributed by atoms with Crippen molar-refractivity contribution in [2.75, 3.05) is 46.1 Å². The Hall–Kier alpha value is -1.38. The van der Waals surface area contributed by atoms with Crippen molar-refractivity contribution in [3.05, 3.63) is 6.92 Å². The molecule has 1 amide bonds. The molecule has 0 fully saturated rings. The van der Waals surface area contributed by atoms with Crippen LogP contribution >= 0.6 is 0 Å². The molecule has 0 aliphatic rings. The van der Waals surface area contributed by atoms with Crippen molar-refractivity contribution in [1.29, 1.82) is 0 Å². The van der Waals surface area contributed by atoms with Crippen LogP contribution in [0.25, 0.3) is 0 Å². The predicted octanol–water partition coefficient (Wildman–Crippen LogP) is 7.30. The van der Waals surface area contributed by atoms with Gasteiger partial charge in [0.2, 0.25) is 0 Å². The highest BCUT2D eigenvalue weighted by atomic mass is 16.7. The first-order valence-corrected chi connectivity index (χ1v) is 16.2. The molecule has 2 unspecified atom stereocenters. The van der Waals surface area contributed by atoms with Crippen LogP contribution in [-0.4, -0.2) is 75.4 Å². The Morgan fingerprint density at radius 1 is 0.750 bits per heavy atom. The summed E-state index contributed by atoms with van der Waals surface area (Å²) < 4.78 is 22.6. The zero-order valence-corrected chi connectivity index (χ0v) is 26.7. The molecule has 1 radical (unpaired) electrons. The van der Waals surface area contributed by atoms with Crippen molar-refractivity contribution in [2.45, 2.75) is 137 Å². The fourth-order valence-electron chi connectivity index (χ4n) is 4.33. The third-order valence-electron chi connectivity index (χ3n) is 6.91. The van der Waals surface area contributed by atoms with Gasteiger partial charge in [-0.3, -0.25) is 4.79 Å². The largest absolute Gasteiger partial charge is 0.465 e. The molecule has 2 atom stereocenters. The summed E-state index contributed by atoms with van der Waals surface area (Å²) in [6.07, 6.45) is 14.2. The van der Waals surface area contributed by atoms with Crippen LogP contribution in [0.15, 0.2) is 0 Å². The molecule has 0 bridgehead atoms. The van der Waals surface area contributed by atoms with Crippen LogP contribution < -0.4 is 5.32 Å². The fourth-order valence-corrected chi connectivity index (χ4v) is 4.33. The number of nitrogens with zero attached hydrogens (tertiary/aromatic N) is 1. The molecule has 0 rings (SSSR count). The van der Waals surface area contributed by atoms with E-state index in [4.69, 9.17) is 18.9 Å². The van der Waals surface area contributed by atoms with Gasteiger partial charge in [-0.1, -0.05) is 91.9 Å². The second kappa shape index (κ2) is 27.8. The lowest BCUT2D eigenvalue weighted by Crippen LogP contribution is -2.42. The van der Waals surface area contributed by atoms with Gasteiger partial charge >= 0.3 is 12.1 Å². The minimum absolute atomic E-state index is 0.0204. The van der Waals surface area contributed by atoms with Gasteiger partial charge in [-0.15, -0.1) is 0 Å². The Morgan fingerprint density at radius 2 is 1.25 bits per heavy atom. The molecule has 8 heteroatoms. The van der Waals surface area contributed by atoms with Gasteiger partial charge in [0.15, 0.2) is 6.29 Å². The lowest BCUT2D eigenvalue weighted by atomic mass is 10.1. The average Bonchev–Trinajstić information content (AvgIpc) is 2.94. The van der Waals surface area contributed by atoms with E-state index in [2.05, 4.69) is 44.8 Å². The molecule has 8 nitrogen and oxygen atoms in total. The van der Waals surface area contributed by atoms with E-state index in [9.17, 15) is 9.59 Å². The van der Waals surface area contributed by atoms with Crippen LogP contribution in [-0.2, 0) is 23.7 Å². The maximum Gasteiger partial charge on any atom is 0.407 e. The number of nitrogens with one attached hydrogen (secondary N) is 1. The van der Waals surface area contributed by atoms with Gasteiger partial charge in [0.1, 0.15) is 0 Å². The first-order chi connectivity index (χ1) is 19.4. The first-order valence-electron chi connectivity index (χ1n) is 16.2. The minimum atomic E-state index is -0.479. The molecule has 0 spiro atoms. The zero-order chi connectivity index (χ0) is 29.8. The van der Waals surface area contributed by atoms with Gasteiger partial charge in [0, 0.05) is 38.1 Å². The van der Waals surface area contributed by atoms with E-state index in [1.807, 2.05) is 6.92 Å². The summed E-state index contributed by atoms with van der Waals surface area (Å²) in [6, 6.07) is -0.0204. The van der Waals surface area contributed by atoms with Crippen LogP contribution in [0, 0.1) is 12.8 Å².